The minimum atomic E-state index is -0.956. The van der Waals surface area contributed by atoms with Crippen molar-refractivity contribution < 1.29 is 23.7 Å². The third kappa shape index (κ3) is 7.96. The molecule has 2 aliphatic heterocycles. The van der Waals surface area contributed by atoms with Crippen LogP contribution in [0.15, 0.2) is 133 Å². The van der Waals surface area contributed by atoms with Gasteiger partial charge >= 0.3 is 268 Å². The summed E-state index contributed by atoms with van der Waals surface area (Å²) in [4.78, 5) is -0.105. The van der Waals surface area contributed by atoms with E-state index in [1.165, 1.54) is 4.46 Å². The van der Waals surface area contributed by atoms with Gasteiger partial charge in [-0.25, -0.2) is 0 Å². The molecule has 44 heavy (non-hydrogen) atoms. The van der Waals surface area contributed by atoms with Crippen LogP contribution >= 0.6 is 0 Å². The molecule has 4 aromatic carbocycles. The van der Waals surface area contributed by atoms with Crippen LogP contribution in [0, 0.1) is 0 Å². The number of rotatable bonds is 12. The fraction of sp³-hybridized carbons (Fsp3) is 0.316. The number of hydrogen-bond acceptors (Lipinski definition) is 5. The van der Waals surface area contributed by atoms with E-state index >= 15 is 0 Å². The molecule has 2 aliphatic rings. The van der Waals surface area contributed by atoms with Crippen LogP contribution in [0.3, 0.4) is 0 Å². The van der Waals surface area contributed by atoms with Gasteiger partial charge in [0.15, 0.2) is 0 Å². The summed E-state index contributed by atoms with van der Waals surface area (Å²) in [6.45, 7) is 3.85. The van der Waals surface area contributed by atoms with Gasteiger partial charge in [0.1, 0.15) is 0 Å². The van der Waals surface area contributed by atoms with Crippen LogP contribution in [-0.2, 0) is 43.5 Å². The summed E-state index contributed by atoms with van der Waals surface area (Å²) in [5.41, 5.74) is 3.33. The van der Waals surface area contributed by atoms with Crippen molar-refractivity contribution in [2.45, 2.75) is 68.2 Å². The molecular weight excluding hydrogens is 615 g/mol. The Bertz CT molecular complexity index is 1440. The summed E-state index contributed by atoms with van der Waals surface area (Å²) < 4.78 is 35.2. The number of hydrogen-bond donors (Lipinski definition) is 0. The van der Waals surface area contributed by atoms with Crippen molar-refractivity contribution in [3.8, 4) is 0 Å². The molecule has 0 amide bonds. The summed E-state index contributed by atoms with van der Waals surface area (Å²) in [5.74, 6) is -0.956. The molecule has 228 valence electrons. The molecule has 6 atom stereocenters. The molecule has 1 fully saturated rings. The van der Waals surface area contributed by atoms with Gasteiger partial charge in [0.2, 0.25) is 0 Å². The van der Waals surface area contributed by atoms with E-state index in [1.807, 2.05) is 54.6 Å². The predicted molar refractivity (Wildman–Crippen MR) is 174 cm³/mol. The average Bonchev–Trinajstić information content (AvgIpc) is 3.06. The zero-order valence-electron chi connectivity index (χ0n) is 25.1. The quantitative estimate of drug-likeness (QED) is 0.126. The predicted octanol–water partition coefficient (Wildman–Crippen LogP) is 6.65. The van der Waals surface area contributed by atoms with E-state index in [0.29, 0.717) is 26.4 Å². The van der Waals surface area contributed by atoms with E-state index in [2.05, 4.69) is 85.8 Å². The fourth-order valence-electron chi connectivity index (χ4n) is 5.75. The molecule has 2 heterocycles. The van der Waals surface area contributed by atoms with E-state index in [9.17, 15) is 0 Å². The molecule has 0 aliphatic carbocycles. The molecule has 0 N–H and O–H groups in total. The van der Waals surface area contributed by atoms with Crippen molar-refractivity contribution in [1.82, 2.24) is 0 Å². The summed E-state index contributed by atoms with van der Waals surface area (Å²) >= 11 is -0.0474. The second-order valence-corrected chi connectivity index (χ2v) is 13.9. The third-order valence-corrected chi connectivity index (χ3v) is 10.8. The zero-order valence-corrected chi connectivity index (χ0v) is 26.8. The maximum atomic E-state index is 7.07. The van der Waals surface area contributed by atoms with Crippen LogP contribution in [0.2, 0.25) is 4.82 Å². The maximum absolute atomic E-state index is 7.07. The first-order valence-corrected chi connectivity index (χ1v) is 17.2. The molecule has 6 heteroatoms. The Morgan fingerprint density at radius 2 is 1.18 bits per heavy atom. The Kier molecular flexibility index (Phi) is 10.8. The monoisotopic (exact) mass is 656 g/mol. The van der Waals surface area contributed by atoms with Gasteiger partial charge in [0.05, 0.1) is 0 Å². The normalized spacial score (nSPS) is 26.5. The first-order valence-electron chi connectivity index (χ1n) is 15.4. The third-order valence-electron chi connectivity index (χ3n) is 7.89. The van der Waals surface area contributed by atoms with Crippen LogP contribution in [0.1, 0.15) is 30.0 Å². The summed E-state index contributed by atoms with van der Waals surface area (Å²) in [6, 6.07) is 41.5. The minimum absolute atomic E-state index is 0.0107. The molecule has 6 unspecified atom stereocenters. The first-order chi connectivity index (χ1) is 21.7. The molecule has 4 aromatic rings. The van der Waals surface area contributed by atoms with Crippen molar-refractivity contribution >= 4 is 19.4 Å². The SMILES string of the molecule is CC1CC=CC2(O1)OC(COCc1ccccc1)C(OCc1ccccc1)C(OCc1ccccc1)C2[Se]c1ccccc1. The van der Waals surface area contributed by atoms with Gasteiger partial charge < -0.3 is 0 Å². The van der Waals surface area contributed by atoms with E-state index in [0.717, 1.165) is 23.1 Å². The second kappa shape index (κ2) is 15.3. The summed E-state index contributed by atoms with van der Waals surface area (Å²) in [6.07, 6.45) is 4.06. The van der Waals surface area contributed by atoms with E-state index < -0.39 is 11.9 Å². The number of benzene rings is 4. The van der Waals surface area contributed by atoms with Gasteiger partial charge in [-0.3, -0.25) is 0 Å². The van der Waals surface area contributed by atoms with Crippen molar-refractivity contribution in [2.24, 2.45) is 0 Å². The van der Waals surface area contributed by atoms with Crippen LogP contribution in [0.4, 0.5) is 0 Å². The molecule has 5 nitrogen and oxygen atoms in total. The van der Waals surface area contributed by atoms with Crippen molar-refractivity contribution in [3.05, 3.63) is 150 Å². The average molecular weight is 656 g/mol. The molecule has 0 aromatic heterocycles. The Morgan fingerprint density at radius 1 is 0.659 bits per heavy atom. The van der Waals surface area contributed by atoms with E-state index in [4.69, 9.17) is 23.7 Å². The topological polar surface area (TPSA) is 46.2 Å². The Hall–Kier alpha value is -3.06. The van der Waals surface area contributed by atoms with Gasteiger partial charge in [-0.2, -0.15) is 0 Å². The molecule has 6 rings (SSSR count). The molecule has 1 spiro atoms. The van der Waals surface area contributed by atoms with Crippen molar-refractivity contribution in [2.75, 3.05) is 6.61 Å². The summed E-state index contributed by atoms with van der Waals surface area (Å²) in [5, 5.41) is 0. The van der Waals surface area contributed by atoms with Crippen LogP contribution in [0.5, 0.6) is 0 Å². The van der Waals surface area contributed by atoms with Crippen LogP contribution in [-0.4, -0.2) is 51.8 Å². The zero-order chi connectivity index (χ0) is 30.0. The first kappa shape index (κ1) is 30.9. The van der Waals surface area contributed by atoms with Crippen molar-refractivity contribution in [3.63, 3.8) is 0 Å². The Morgan fingerprint density at radius 3 is 1.75 bits per heavy atom. The van der Waals surface area contributed by atoms with Gasteiger partial charge in [-0.05, 0) is 0 Å². The van der Waals surface area contributed by atoms with Gasteiger partial charge in [0, 0.05) is 0 Å². The van der Waals surface area contributed by atoms with E-state index in [1.54, 1.807) is 0 Å². The standard InChI is InChI=1S/C38H40O5Se/c1-29-15-14-24-38(42-29)37(44-33-22-12-5-13-23-33)36(41-27-32-20-10-4-11-21-32)35(40-26-31-18-8-3-9-19-31)34(43-38)28-39-25-30-16-6-2-7-17-30/h2-14,16-24,29,34-37H,15,25-28H2,1H3. The molecule has 1 saturated heterocycles. The second-order valence-electron chi connectivity index (χ2n) is 11.3. The van der Waals surface area contributed by atoms with E-state index in [-0.39, 0.29) is 38.1 Å². The Labute approximate surface area is 267 Å². The molecule has 0 radical (unpaired) electrons. The van der Waals surface area contributed by atoms with Crippen LogP contribution < -0.4 is 4.46 Å². The van der Waals surface area contributed by atoms with Crippen molar-refractivity contribution in [1.29, 1.82) is 0 Å². The van der Waals surface area contributed by atoms with Crippen LogP contribution in [0.25, 0.3) is 0 Å². The van der Waals surface area contributed by atoms with Gasteiger partial charge in [-0.15, -0.1) is 0 Å². The fourth-order valence-corrected chi connectivity index (χ4v) is 8.54. The molecule has 0 bridgehead atoms. The summed E-state index contributed by atoms with van der Waals surface area (Å²) in [7, 11) is 0. The number of ether oxygens (including phenoxy) is 5. The Balaban J connectivity index is 1.35. The molecular formula is C38H40O5Se. The molecule has 0 saturated carbocycles. The van der Waals surface area contributed by atoms with Gasteiger partial charge in [0.25, 0.3) is 0 Å². The van der Waals surface area contributed by atoms with Gasteiger partial charge in [-0.1, -0.05) is 0 Å².